The first kappa shape index (κ1) is 10.5. The van der Waals surface area contributed by atoms with E-state index in [1.807, 2.05) is 10.8 Å². The molecular formula is C13H11ClN2O. The van der Waals surface area contributed by atoms with Crippen molar-refractivity contribution in [2.24, 2.45) is 0 Å². The van der Waals surface area contributed by atoms with Crippen molar-refractivity contribution in [1.82, 2.24) is 9.55 Å². The van der Waals surface area contributed by atoms with Crippen molar-refractivity contribution in [3.8, 4) is 0 Å². The summed E-state index contributed by atoms with van der Waals surface area (Å²) in [5.41, 5.74) is 0.310. The van der Waals surface area contributed by atoms with Gasteiger partial charge in [-0.1, -0.05) is 11.6 Å². The zero-order valence-corrected chi connectivity index (χ0v) is 9.89. The van der Waals surface area contributed by atoms with Gasteiger partial charge in [-0.15, -0.1) is 0 Å². The number of Topliss-reactive ketones (excluding diaryl/α,β-unsaturated/α-hetero) is 1. The minimum Gasteiger partial charge on any atom is -0.324 e. The standard InChI is InChI=1S/C13H11ClN2O/c14-11-3-1-10(2-4-11)12(17)13(5-6-13)16-8-7-15-9-16/h1-4,7-9H,5-6H2. The fourth-order valence-electron chi connectivity index (χ4n) is 2.10. The van der Waals surface area contributed by atoms with Crippen molar-refractivity contribution in [3.05, 3.63) is 53.6 Å². The molecule has 4 heteroatoms. The second kappa shape index (κ2) is 3.70. The van der Waals surface area contributed by atoms with E-state index in [0.29, 0.717) is 10.6 Å². The van der Waals surface area contributed by atoms with Crippen LogP contribution in [0.1, 0.15) is 23.2 Å². The van der Waals surface area contributed by atoms with Gasteiger partial charge >= 0.3 is 0 Å². The molecule has 86 valence electrons. The van der Waals surface area contributed by atoms with Gasteiger partial charge < -0.3 is 4.57 Å². The van der Waals surface area contributed by atoms with Gasteiger partial charge in [-0.3, -0.25) is 4.79 Å². The average Bonchev–Trinajstić information content (AvgIpc) is 2.97. The highest BCUT2D eigenvalue weighted by Crippen LogP contribution is 2.46. The van der Waals surface area contributed by atoms with E-state index < -0.39 is 5.54 Å². The van der Waals surface area contributed by atoms with Crippen LogP contribution in [0.2, 0.25) is 5.02 Å². The van der Waals surface area contributed by atoms with Crippen LogP contribution in [-0.2, 0) is 5.54 Å². The summed E-state index contributed by atoms with van der Waals surface area (Å²) in [5, 5.41) is 0.647. The van der Waals surface area contributed by atoms with Crippen molar-refractivity contribution in [3.63, 3.8) is 0 Å². The first-order valence-electron chi connectivity index (χ1n) is 5.51. The minimum absolute atomic E-state index is 0.146. The summed E-state index contributed by atoms with van der Waals surface area (Å²) < 4.78 is 1.91. The van der Waals surface area contributed by atoms with Gasteiger partial charge in [-0.2, -0.15) is 0 Å². The zero-order chi connectivity index (χ0) is 11.9. The molecule has 1 aliphatic carbocycles. The Balaban J connectivity index is 1.95. The molecule has 3 rings (SSSR count). The third kappa shape index (κ3) is 1.67. The lowest BCUT2D eigenvalue weighted by molar-refractivity contribution is 0.0905. The third-order valence-corrected chi connectivity index (χ3v) is 3.50. The highest BCUT2D eigenvalue weighted by molar-refractivity contribution is 6.30. The zero-order valence-electron chi connectivity index (χ0n) is 9.14. The Hall–Kier alpha value is -1.61. The van der Waals surface area contributed by atoms with E-state index in [1.165, 1.54) is 0 Å². The number of carbonyl (C=O) groups excluding carboxylic acids is 1. The molecule has 0 spiro atoms. The molecule has 1 aliphatic rings. The number of imidazole rings is 1. The topological polar surface area (TPSA) is 34.9 Å². The van der Waals surface area contributed by atoms with Gasteiger partial charge in [0.1, 0.15) is 5.54 Å². The molecule has 1 fully saturated rings. The largest absolute Gasteiger partial charge is 0.324 e. The Morgan fingerprint density at radius 1 is 1.29 bits per heavy atom. The average molecular weight is 247 g/mol. The lowest BCUT2D eigenvalue weighted by Crippen LogP contribution is -2.26. The number of aromatic nitrogens is 2. The van der Waals surface area contributed by atoms with Crippen LogP contribution < -0.4 is 0 Å². The van der Waals surface area contributed by atoms with Crippen LogP contribution in [0.25, 0.3) is 0 Å². The molecule has 3 nitrogen and oxygen atoms in total. The number of carbonyl (C=O) groups is 1. The Morgan fingerprint density at radius 3 is 2.53 bits per heavy atom. The molecule has 1 aromatic heterocycles. The van der Waals surface area contributed by atoms with Crippen LogP contribution in [-0.4, -0.2) is 15.3 Å². The maximum atomic E-state index is 12.4. The van der Waals surface area contributed by atoms with E-state index in [-0.39, 0.29) is 5.78 Å². The van der Waals surface area contributed by atoms with Crippen molar-refractivity contribution < 1.29 is 4.79 Å². The molecule has 0 aliphatic heterocycles. The Labute approximate surface area is 104 Å². The second-order valence-electron chi connectivity index (χ2n) is 4.34. The van der Waals surface area contributed by atoms with Gasteiger partial charge in [-0.25, -0.2) is 4.98 Å². The van der Waals surface area contributed by atoms with Gasteiger partial charge in [0.15, 0.2) is 5.78 Å². The summed E-state index contributed by atoms with van der Waals surface area (Å²) in [6.45, 7) is 0. The molecule has 0 radical (unpaired) electrons. The summed E-state index contributed by atoms with van der Waals surface area (Å²) in [5.74, 6) is 0.146. The highest BCUT2D eigenvalue weighted by Gasteiger charge is 2.51. The van der Waals surface area contributed by atoms with Crippen molar-refractivity contribution in [2.45, 2.75) is 18.4 Å². The number of rotatable bonds is 3. The Bertz CT molecular complexity index is 541. The summed E-state index contributed by atoms with van der Waals surface area (Å²) >= 11 is 5.82. The molecule has 17 heavy (non-hydrogen) atoms. The maximum absolute atomic E-state index is 12.4. The van der Waals surface area contributed by atoms with E-state index in [2.05, 4.69) is 4.98 Å². The number of hydrogen-bond donors (Lipinski definition) is 0. The van der Waals surface area contributed by atoms with E-state index in [0.717, 1.165) is 12.8 Å². The highest BCUT2D eigenvalue weighted by atomic mass is 35.5. The number of halogens is 1. The van der Waals surface area contributed by atoms with Crippen molar-refractivity contribution in [1.29, 1.82) is 0 Å². The van der Waals surface area contributed by atoms with Gasteiger partial charge in [0.25, 0.3) is 0 Å². The molecule has 2 aromatic rings. The Kier molecular flexibility index (Phi) is 2.30. The fourth-order valence-corrected chi connectivity index (χ4v) is 2.23. The molecule has 1 heterocycles. The Morgan fingerprint density at radius 2 is 2.00 bits per heavy atom. The van der Waals surface area contributed by atoms with Crippen LogP contribution in [0.3, 0.4) is 0 Å². The number of nitrogens with zero attached hydrogens (tertiary/aromatic N) is 2. The minimum atomic E-state index is -0.398. The molecule has 1 saturated carbocycles. The van der Waals surface area contributed by atoms with Gasteiger partial charge in [0, 0.05) is 23.0 Å². The van der Waals surface area contributed by atoms with Gasteiger partial charge in [0.05, 0.1) is 6.33 Å². The first-order valence-corrected chi connectivity index (χ1v) is 5.89. The molecule has 0 bridgehead atoms. The van der Waals surface area contributed by atoms with Crippen molar-refractivity contribution >= 4 is 17.4 Å². The summed E-state index contributed by atoms with van der Waals surface area (Å²) in [6, 6.07) is 7.06. The van der Waals surface area contributed by atoms with Crippen LogP contribution in [0.5, 0.6) is 0 Å². The van der Waals surface area contributed by atoms with E-state index in [9.17, 15) is 4.79 Å². The predicted octanol–water partition coefficient (Wildman–Crippen LogP) is 2.91. The van der Waals surface area contributed by atoms with Crippen LogP contribution in [0.15, 0.2) is 43.0 Å². The third-order valence-electron chi connectivity index (χ3n) is 3.25. The smallest absolute Gasteiger partial charge is 0.188 e. The fraction of sp³-hybridized carbons (Fsp3) is 0.231. The summed E-state index contributed by atoms with van der Waals surface area (Å²) in [4.78, 5) is 16.5. The normalized spacial score (nSPS) is 16.8. The molecular weight excluding hydrogens is 236 g/mol. The maximum Gasteiger partial charge on any atom is 0.188 e. The summed E-state index contributed by atoms with van der Waals surface area (Å²) in [6.07, 6.45) is 7.02. The molecule has 0 N–H and O–H groups in total. The first-order chi connectivity index (χ1) is 8.22. The second-order valence-corrected chi connectivity index (χ2v) is 4.77. The summed E-state index contributed by atoms with van der Waals surface area (Å²) in [7, 11) is 0. The predicted molar refractivity (Wildman–Crippen MR) is 65.2 cm³/mol. The number of hydrogen-bond acceptors (Lipinski definition) is 2. The van der Waals surface area contributed by atoms with E-state index in [4.69, 9.17) is 11.6 Å². The number of benzene rings is 1. The number of ketones is 1. The van der Waals surface area contributed by atoms with E-state index in [1.54, 1.807) is 36.8 Å². The van der Waals surface area contributed by atoms with E-state index >= 15 is 0 Å². The molecule has 0 amide bonds. The monoisotopic (exact) mass is 246 g/mol. The van der Waals surface area contributed by atoms with Crippen LogP contribution >= 0.6 is 11.6 Å². The molecule has 0 unspecified atom stereocenters. The molecule has 0 saturated heterocycles. The molecule has 1 aromatic carbocycles. The van der Waals surface area contributed by atoms with Gasteiger partial charge in [-0.05, 0) is 37.1 Å². The quantitative estimate of drug-likeness (QED) is 0.781. The van der Waals surface area contributed by atoms with Crippen LogP contribution in [0.4, 0.5) is 0 Å². The van der Waals surface area contributed by atoms with Gasteiger partial charge in [0.2, 0.25) is 0 Å². The SMILES string of the molecule is O=C(c1ccc(Cl)cc1)C1(n2ccnc2)CC1. The molecule has 0 atom stereocenters. The lowest BCUT2D eigenvalue weighted by atomic mass is 10.0. The van der Waals surface area contributed by atoms with Crippen LogP contribution in [0, 0.1) is 0 Å². The lowest BCUT2D eigenvalue weighted by Gasteiger charge is -2.15. The van der Waals surface area contributed by atoms with Crippen molar-refractivity contribution in [2.75, 3.05) is 0 Å².